The molecule has 0 amide bonds. The van der Waals surface area contributed by atoms with Gasteiger partial charge < -0.3 is 9.26 Å². The lowest BCUT2D eigenvalue weighted by molar-refractivity contribution is 0.376. The highest BCUT2D eigenvalue weighted by molar-refractivity contribution is 7.89. The number of hydrogen-bond acceptors (Lipinski definition) is 6. The van der Waals surface area contributed by atoms with Crippen LogP contribution in [0.25, 0.3) is 11.4 Å². The van der Waals surface area contributed by atoms with Gasteiger partial charge in [-0.3, -0.25) is 0 Å². The number of rotatable bonds is 7. The van der Waals surface area contributed by atoms with E-state index in [9.17, 15) is 8.42 Å². The smallest absolute Gasteiger partial charge is 0.242 e. The number of halogens is 2. The Morgan fingerprint density at radius 3 is 2.41 bits per heavy atom. The standard InChI is InChI=1S/C19H19Cl2N3O4S/c1-11(2)12-4-6-13(7-5-12)19-23-16(28-24-19)10-22-29(25,26)15-9-8-14(27-3)17(20)18(15)21/h4-9,11,22H,10H2,1-3H3. The Labute approximate surface area is 179 Å². The first-order valence-corrected chi connectivity index (χ1v) is 10.9. The first-order valence-electron chi connectivity index (χ1n) is 8.67. The number of methoxy groups -OCH3 is 1. The molecule has 29 heavy (non-hydrogen) atoms. The second kappa shape index (κ2) is 8.71. The van der Waals surface area contributed by atoms with E-state index in [0.29, 0.717) is 11.7 Å². The van der Waals surface area contributed by atoms with Crippen molar-refractivity contribution in [3.63, 3.8) is 0 Å². The van der Waals surface area contributed by atoms with E-state index in [1.165, 1.54) is 24.8 Å². The summed E-state index contributed by atoms with van der Waals surface area (Å²) < 4.78 is 37.7. The number of ether oxygens (including phenoxy) is 1. The third-order valence-electron chi connectivity index (χ3n) is 4.24. The maximum Gasteiger partial charge on any atom is 0.242 e. The third kappa shape index (κ3) is 4.72. The van der Waals surface area contributed by atoms with Gasteiger partial charge in [-0.2, -0.15) is 4.98 Å². The molecule has 154 valence electrons. The van der Waals surface area contributed by atoms with Gasteiger partial charge in [0.05, 0.1) is 18.7 Å². The van der Waals surface area contributed by atoms with Crippen LogP contribution in [0, 0.1) is 0 Å². The van der Waals surface area contributed by atoms with Crippen LogP contribution in [0.2, 0.25) is 10.0 Å². The van der Waals surface area contributed by atoms with Gasteiger partial charge in [-0.05, 0) is 23.6 Å². The highest BCUT2D eigenvalue weighted by Crippen LogP contribution is 2.36. The van der Waals surface area contributed by atoms with Crippen molar-refractivity contribution >= 4 is 33.2 Å². The summed E-state index contributed by atoms with van der Waals surface area (Å²) in [6.45, 7) is 4.02. The predicted octanol–water partition coefficient (Wildman–Crippen LogP) is 4.65. The van der Waals surface area contributed by atoms with Crippen molar-refractivity contribution < 1.29 is 17.7 Å². The minimum atomic E-state index is -3.96. The summed E-state index contributed by atoms with van der Waals surface area (Å²) in [6, 6.07) is 10.5. The maximum absolute atomic E-state index is 12.6. The first-order chi connectivity index (χ1) is 13.7. The quantitative estimate of drug-likeness (QED) is 0.556. The highest BCUT2D eigenvalue weighted by atomic mass is 35.5. The summed E-state index contributed by atoms with van der Waals surface area (Å²) >= 11 is 12.1. The molecule has 0 atom stereocenters. The third-order valence-corrected chi connectivity index (χ3v) is 6.66. The Bertz CT molecular complexity index is 1110. The molecule has 1 heterocycles. The van der Waals surface area contributed by atoms with Crippen LogP contribution in [0.4, 0.5) is 0 Å². The van der Waals surface area contributed by atoms with Crippen LogP contribution in [0.3, 0.4) is 0 Å². The molecule has 7 nitrogen and oxygen atoms in total. The van der Waals surface area contributed by atoms with E-state index in [4.69, 9.17) is 32.5 Å². The fourth-order valence-electron chi connectivity index (χ4n) is 2.57. The van der Waals surface area contributed by atoms with Gasteiger partial charge in [0.15, 0.2) is 0 Å². The van der Waals surface area contributed by atoms with Crippen molar-refractivity contribution in [2.75, 3.05) is 7.11 Å². The molecule has 0 fully saturated rings. The molecule has 3 rings (SSSR count). The van der Waals surface area contributed by atoms with E-state index in [1.54, 1.807) is 0 Å². The SMILES string of the molecule is COc1ccc(S(=O)(=O)NCc2nc(-c3ccc(C(C)C)cc3)no2)c(Cl)c1Cl. The van der Waals surface area contributed by atoms with Gasteiger partial charge >= 0.3 is 0 Å². The number of benzene rings is 2. The van der Waals surface area contributed by atoms with Crippen LogP contribution in [0.1, 0.15) is 31.2 Å². The van der Waals surface area contributed by atoms with Crippen molar-refractivity contribution in [2.45, 2.75) is 31.2 Å². The van der Waals surface area contributed by atoms with Crippen molar-refractivity contribution in [3.05, 3.63) is 57.9 Å². The second-order valence-electron chi connectivity index (χ2n) is 6.51. The zero-order valence-electron chi connectivity index (χ0n) is 15.9. The Balaban J connectivity index is 1.74. The monoisotopic (exact) mass is 455 g/mol. The Morgan fingerprint density at radius 1 is 1.10 bits per heavy atom. The molecule has 10 heteroatoms. The van der Waals surface area contributed by atoms with Crippen LogP contribution < -0.4 is 9.46 Å². The van der Waals surface area contributed by atoms with Crippen LogP contribution in [0.5, 0.6) is 5.75 Å². The van der Waals surface area contributed by atoms with E-state index in [2.05, 4.69) is 28.7 Å². The van der Waals surface area contributed by atoms with Gasteiger partial charge in [0, 0.05) is 5.56 Å². The lowest BCUT2D eigenvalue weighted by Crippen LogP contribution is -2.23. The topological polar surface area (TPSA) is 94.3 Å². The van der Waals surface area contributed by atoms with Gasteiger partial charge in [-0.25, -0.2) is 13.1 Å². The van der Waals surface area contributed by atoms with Gasteiger partial charge in [-0.1, -0.05) is 66.5 Å². The largest absolute Gasteiger partial charge is 0.495 e. The first kappa shape index (κ1) is 21.6. The van der Waals surface area contributed by atoms with E-state index in [0.717, 1.165) is 5.56 Å². The summed E-state index contributed by atoms with van der Waals surface area (Å²) in [6.07, 6.45) is 0. The molecule has 0 radical (unpaired) electrons. The summed E-state index contributed by atoms with van der Waals surface area (Å²) in [5, 5.41) is 3.79. The molecule has 1 aromatic heterocycles. The molecular formula is C19H19Cl2N3O4S. The molecule has 0 saturated heterocycles. The van der Waals surface area contributed by atoms with Crippen LogP contribution in [0.15, 0.2) is 45.8 Å². The van der Waals surface area contributed by atoms with E-state index < -0.39 is 10.0 Å². The molecule has 0 spiro atoms. The summed E-state index contributed by atoms with van der Waals surface area (Å²) in [5.74, 6) is 1.19. The number of sulfonamides is 1. The molecule has 0 aliphatic heterocycles. The Morgan fingerprint density at radius 2 is 1.79 bits per heavy atom. The second-order valence-corrected chi connectivity index (χ2v) is 9.00. The van der Waals surface area contributed by atoms with Crippen molar-refractivity contribution in [1.82, 2.24) is 14.9 Å². The summed E-state index contributed by atoms with van der Waals surface area (Å²) in [5.41, 5.74) is 1.97. The lowest BCUT2D eigenvalue weighted by Gasteiger charge is -2.10. The fraction of sp³-hybridized carbons (Fsp3) is 0.263. The van der Waals surface area contributed by atoms with E-state index in [-0.39, 0.29) is 33.1 Å². The average Bonchev–Trinajstić information content (AvgIpc) is 3.17. The molecule has 0 saturated carbocycles. The van der Waals surface area contributed by atoms with E-state index >= 15 is 0 Å². The maximum atomic E-state index is 12.6. The molecular weight excluding hydrogens is 437 g/mol. The average molecular weight is 456 g/mol. The number of nitrogens with zero attached hydrogens (tertiary/aromatic N) is 2. The van der Waals surface area contributed by atoms with Gasteiger partial charge in [0.2, 0.25) is 21.7 Å². The summed E-state index contributed by atoms with van der Waals surface area (Å²) in [4.78, 5) is 4.06. The van der Waals surface area contributed by atoms with Crippen molar-refractivity contribution in [3.8, 4) is 17.1 Å². The van der Waals surface area contributed by atoms with Gasteiger partial charge in [0.1, 0.15) is 15.7 Å². The minimum Gasteiger partial charge on any atom is -0.495 e. The Hall–Kier alpha value is -2.13. The number of nitrogens with one attached hydrogen (secondary N) is 1. The molecule has 3 aromatic rings. The molecule has 2 aromatic carbocycles. The highest BCUT2D eigenvalue weighted by Gasteiger charge is 2.22. The normalized spacial score (nSPS) is 11.8. The fourth-order valence-corrected chi connectivity index (χ4v) is 4.39. The molecule has 0 aliphatic carbocycles. The van der Waals surface area contributed by atoms with Crippen LogP contribution in [-0.4, -0.2) is 25.7 Å². The zero-order valence-corrected chi connectivity index (χ0v) is 18.3. The minimum absolute atomic E-state index is 0.0157. The molecule has 1 N–H and O–H groups in total. The summed E-state index contributed by atoms with van der Waals surface area (Å²) in [7, 11) is -2.55. The molecule has 0 aliphatic rings. The molecule has 0 unspecified atom stereocenters. The Kier molecular flexibility index (Phi) is 6.48. The van der Waals surface area contributed by atoms with Crippen LogP contribution >= 0.6 is 23.2 Å². The van der Waals surface area contributed by atoms with Gasteiger partial charge in [0.25, 0.3) is 0 Å². The van der Waals surface area contributed by atoms with Crippen LogP contribution in [-0.2, 0) is 16.6 Å². The lowest BCUT2D eigenvalue weighted by atomic mass is 10.0. The predicted molar refractivity (Wildman–Crippen MR) is 111 cm³/mol. The number of hydrogen-bond donors (Lipinski definition) is 1. The number of aromatic nitrogens is 2. The van der Waals surface area contributed by atoms with Crippen molar-refractivity contribution in [2.24, 2.45) is 0 Å². The van der Waals surface area contributed by atoms with E-state index in [1.807, 2.05) is 24.3 Å². The van der Waals surface area contributed by atoms with Gasteiger partial charge in [-0.15, -0.1) is 0 Å². The molecule has 0 bridgehead atoms. The van der Waals surface area contributed by atoms with Crippen molar-refractivity contribution in [1.29, 1.82) is 0 Å². The zero-order chi connectivity index (χ0) is 21.2.